The number of thioether (sulfide) groups is 1. The van der Waals surface area contributed by atoms with Crippen molar-refractivity contribution in [2.75, 3.05) is 5.75 Å². The van der Waals surface area contributed by atoms with Gasteiger partial charge in [-0.05, 0) is 31.7 Å². The Kier molecular flexibility index (Phi) is 3.06. The Morgan fingerprint density at radius 3 is 2.75 bits per heavy atom. The Balaban J connectivity index is 2.78. The summed E-state index contributed by atoms with van der Waals surface area (Å²) in [6.07, 6.45) is 0. The average Bonchev–Trinajstić information content (AvgIpc) is 2.27. The molecule has 0 N–H and O–H groups in total. The van der Waals surface area contributed by atoms with E-state index in [2.05, 4.69) is 0 Å². The number of fused-ring (bicyclic) bond motifs is 1. The normalized spacial score (nSPS) is 10.9. The van der Waals surface area contributed by atoms with E-state index in [9.17, 15) is 4.79 Å². The molecule has 0 fully saturated rings. The molecule has 3 heteroatoms. The molecule has 2 nitrogen and oxygen atoms in total. The van der Waals surface area contributed by atoms with Crippen molar-refractivity contribution in [2.24, 2.45) is 0 Å². The third kappa shape index (κ3) is 1.87. The van der Waals surface area contributed by atoms with Crippen LogP contribution in [0.1, 0.15) is 18.1 Å². The lowest BCUT2D eigenvalue weighted by Crippen LogP contribution is -2.07. The lowest BCUT2D eigenvalue weighted by Gasteiger charge is -2.05. The van der Waals surface area contributed by atoms with E-state index >= 15 is 0 Å². The molecule has 1 aromatic heterocycles. The second-order valence-electron chi connectivity index (χ2n) is 3.78. The maximum absolute atomic E-state index is 12.1. The van der Waals surface area contributed by atoms with E-state index in [1.807, 2.05) is 39.0 Å². The molecular weight excluding hydrogens is 220 g/mol. The van der Waals surface area contributed by atoms with Crippen molar-refractivity contribution in [1.82, 2.24) is 0 Å². The molecular formula is C13H14O2S. The Hall–Kier alpha value is -1.22. The molecule has 2 aromatic rings. The largest absolute Gasteiger partial charge is 0.449 e. The van der Waals surface area contributed by atoms with Crippen molar-refractivity contribution >= 4 is 22.7 Å². The second-order valence-corrected chi connectivity index (χ2v) is 5.01. The second kappa shape index (κ2) is 4.34. The zero-order valence-electron chi connectivity index (χ0n) is 9.66. The van der Waals surface area contributed by atoms with Gasteiger partial charge in [0.2, 0.25) is 0 Å². The molecule has 0 aliphatic rings. The number of benzene rings is 1. The first-order valence-electron chi connectivity index (χ1n) is 5.30. The van der Waals surface area contributed by atoms with Crippen LogP contribution >= 0.6 is 11.8 Å². The summed E-state index contributed by atoms with van der Waals surface area (Å²) in [5.41, 5.74) is 2.55. The summed E-state index contributed by atoms with van der Waals surface area (Å²) in [6.45, 7) is 5.85. The van der Waals surface area contributed by atoms with Crippen molar-refractivity contribution in [3.05, 3.63) is 39.5 Å². The molecule has 0 aliphatic heterocycles. The van der Waals surface area contributed by atoms with Crippen molar-refractivity contribution in [3.63, 3.8) is 0 Å². The molecule has 0 amide bonds. The SMILES string of the molecule is CCSc1oc2ccc(C)cc2c(=O)c1C. The summed E-state index contributed by atoms with van der Waals surface area (Å²) in [5, 5.41) is 1.42. The predicted octanol–water partition coefficient (Wildman–Crippen LogP) is 3.52. The molecule has 0 bridgehead atoms. The minimum atomic E-state index is 0.0842. The molecule has 16 heavy (non-hydrogen) atoms. The first-order valence-corrected chi connectivity index (χ1v) is 6.29. The van der Waals surface area contributed by atoms with Crippen molar-refractivity contribution in [1.29, 1.82) is 0 Å². The minimum Gasteiger partial charge on any atom is -0.449 e. The van der Waals surface area contributed by atoms with Crippen molar-refractivity contribution in [2.45, 2.75) is 25.9 Å². The van der Waals surface area contributed by atoms with Gasteiger partial charge in [-0.15, -0.1) is 0 Å². The molecule has 84 valence electrons. The highest BCUT2D eigenvalue weighted by Crippen LogP contribution is 2.24. The third-order valence-corrected chi connectivity index (χ3v) is 3.44. The maximum atomic E-state index is 12.1. The molecule has 0 aliphatic carbocycles. The zero-order chi connectivity index (χ0) is 11.7. The van der Waals surface area contributed by atoms with E-state index in [-0.39, 0.29) is 5.43 Å². The summed E-state index contributed by atoms with van der Waals surface area (Å²) >= 11 is 1.57. The van der Waals surface area contributed by atoms with Gasteiger partial charge in [0.1, 0.15) is 5.58 Å². The van der Waals surface area contributed by atoms with E-state index in [1.54, 1.807) is 11.8 Å². The highest BCUT2D eigenvalue weighted by atomic mass is 32.2. The van der Waals surface area contributed by atoms with Crippen LogP contribution in [0.25, 0.3) is 11.0 Å². The first-order chi connectivity index (χ1) is 7.63. The van der Waals surface area contributed by atoms with E-state index < -0.39 is 0 Å². The topological polar surface area (TPSA) is 30.2 Å². The quantitative estimate of drug-likeness (QED) is 0.745. The molecule has 0 atom stereocenters. The number of hydrogen-bond donors (Lipinski definition) is 0. The molecule has 0 saturated carbocycles. The van der Waals surface area contributed by atoms with Gasteiger partial charge in [0, 0.05) is 5.56 Å². The van der Waals surface area contributed by atoms with Crippen LogP contribution < -0.4 is 5.43 Å². The number of hydrogen-bond acceptors (Lipinski definition) is 3. The Bertz CT molecular complexity index is 584. The van der Waals surface area contributed by atoms with Gasteiger partial charge < -0.3 is 4.42 Å². The van der Waals surface area contributed by atoms with Crippen LogP contribution in [0.2, 0.25) is 0 Å². The Morgan fingerprint density at radius 1 is 1.31 bits per heavy atom. The van der Waals surface area contributed by atoms with Crippen LogP contribution in [-0.2, 0) is 0 Å². The Labute approximate surface area is 98.7 Å². The van der Waals surface area contributed by atoms with Gasteiger partial charge in [-0.1, -0.05) is 30.3 Å². The van der Waals surface area contributed by atoms with Crippen LogP contribution in [0, 0.1) is 13.8 Å². The highest BCUT2D eigenvalue weighted by Gasteiger charge is 2.10. The van der Waals surface area contributed by atoms with E-state index in [4.69, 9.17) is 4.42 Å². The van der Waals surface area contributed by atoms with E-state index in [0.717, 1.165) is 16.4 Å². The first kappa shape index (κ1) is 11.3. The monoisotopic (exact) mass is 234 g/mol. The van der Waals surface area contributed by atoms with Crippen LogP contribution in [0.5, 0.6) is 0 Å². The lowest BCUT2D eigenvalue weighted by molar-refractivity contribution is 0.492. The van der Waals surface area contributed by atoms with Gasteiger partial charge in [0.15, 0.2) is 10.5 Å². The van der Waals surface area contributed by atoms with Gasteiger partial charge in [0.05, 0.1) is 5.39 Å². The molecule has 1 aromatic carbocycles. The molecule has 0 unspecified atom stereocenters. The van der Waals surface area contributed by atoms with Crippen molar-refractivity contribution in [3.8, 4) is 0 Å². The lowest BCUT2D eigenvalue weighted by atomic mass is 10.1. The summed E-state index contributed by atoms with van der Waals surface area (Å²) in [7, 11) is 0. The van der Waals surface area contributed by atoms with Gasteiger partial charge >= 0.3 is 0 Å². The number of aryl methyl sites for hydroxylation is 1. The smallest absolute Gasteiger partial charge is 0.196 e. The number of rotatable bonds is 2. The fourth-order valence-corrected chi connectivity index (χ4v) is 2.37. The van der Waals surface area contributed by atoms with Gasteiger partial charge in [-0.25, -0.2) is 0 Å². The van der Waals surface area contributed by atoms with E-state index in [0.29, 0.717) is 16.5 Å². The Morgan fingerprint density at radius 2 is 2.06 bits per heavy atom. The molecule has 0 saturated heterocycles. The highest BCUT2D eigenvalue weighted by molar-refractivity contribution is 7.99. The zero-order valence-corrected chi connectivity index (χ0v) is 10.5. The summed E-state index contributed by atoms with van der Waals surface area (Å²) in [6, 6.07) is 5.71. The molecule has 2 rings (SSSR count). The summed E-state index contributed by atoms with van der Waals surface area (Å²) in [4.78, 5) is 12.1. The van der Waals surface area contributed by atoms with Crippen LogP contribution in [0.15, 0.2) is 32.5 Å². The van der Waals surface area contributed by atoms with Gasteiger partial charge in [-0.2, -0.15) is 0 Å². The summed E-state index contributed by atoms with van der Waals surface area (Å²) < 4.78 is 5.73. The molecule has 0 spiro atoms. The fraction of sp³-hybridized carbons (Fsp3) is 0.308. The van der Waals surface area contributed by atoms with Crippen LogP contribution in [0.4, 0.5) is 0 Å². The molecule has 0 radical (unpaired) electrons. The molecule has 1 heterocycles. The van der Waals surface area contributed by atoms with Crippen LogP contribution in [0.3, 0.4) is 0 Å². The van der Waals surface area contributed by atoms with Gasteiger partial charge in [0.25, 0.3) is 0 Å². The minimum absolute atomic E-state index is 0.0842. The maximum Gasteiger partial charge on any atom is 0.196 e. The standard InChI is InChI=1S/C13H14O2S/c1-4-16-13-9(3)12(14)10-7-8(2)5-6-11(10)15-13/h5-7H,4H2,1-3H3. The third-order valence-electron chi connectivity index (χ3n) is 2.50. The summed E-state index contributed by atoms with van der Waals surface area (Å²) in [5.74, 6) is 0.904. The van der Waals surface area contributed by atoms with Gasteiger partial charge in [-0.3, -0.25) is 4.79 Å². The van der Waals surface area contributed by atoms with E-state index in [1.165, 1.54) is 0 Å². The van der Waals surface area contributed by atoms with Crippen LogP contribution in [-0.4, -0.2) is 5.75 Å². The predicted molar refractivity (Wildman–Crippen MR) is 68.4 cm³/mol. The fourth-order valence-electron chi connectivity index (χ4n) is 1.65. The van der Waals surface area contributed by atoms with Crippen molar-refractivity contribution < 1.29 is 4.42 Å². The average molecular weight is 234 g/mol.